The number of nitrogens with zero attached hydrogens (tertiary/aromatic N) is 2. The molecule has 1 N–H and O–H groups in total. The van der Waals surface area contributed by atoms with E-state index in [-0.39, 0.29) is 24.5 Å². The lowest BCUT2D eigenvalue weighted by Gasteiger charge is -2.15. The van der Waals surface area contributed by atoms with Crippen molar-refractivity contribution < 1.29 is 14.3 Å². The molecule has 2 aromatic carbocycles. The highest BCUT2D eigenvalue weighted by atomic mass is 32.2. The van der Waals surface area contributed by atoms with Gasteiger partial charge in [-0.25, -0.2) is 4.98 Å². The largest absolute Gasteiger partial charge is 0.454 e. The zero-order chi connectivity index (χ0) is 21.1. The van der Waals surface area contributed by atoms with Gasteiger partial charge >= 0.3 is 0 Å². The van der Waals surface area contributed by atoms with Crippen molar-refractivity contribution >= 4 is 17.7 Å². The number of carbonyl (C=O) groups is 1. The predicted molar refractivity (Wildman–Crippen MR) is 117 cm³/mol. The van der Waals surface area contributed by atoms with Crippen molar-refractivity contribution in [1.82, 2.24) is 14.9 Å². The molecule has 0 aliphatic carbocycles. The highest BCUT2D eigenvalue weighted by Gasteiger charge is 2.17. The van der Waals surface area contributed by atoms with E-state index in [4.69, 9.17) is 9.47 Å². The van der Waals surface area contributed by atoms with Crippen LogP contribution in [0.25, 0.3) is 5.69 Å². The molecule has 6 nitrogen and oxygen atoms in total. The van der Waals surface area contributed by atoms with Gasteiger partial charge in [-0.15, -0.1) is 0 Å². The van der Waals surface area contributed by atoms with Gasteiger partial charge in [-0.2, -0.15) is 0 Å². The summed E-state index contributed by atoms with van der Waals surface area (Å²) in [6.45, 7) is 6.55. The van der Waals surface area contributed by atoms with Crippen LogP contribution < -0.4 is 14.8 Å². The number of benzene rings is 2. The van der Waals surface area contributed by atoms with Crippen molar-refractivity contribution in [1.29, 1.82) is 0 Å². The molecule has 1 aromatic heterocycles. The fraction of sp³-hybridized carbons (Fsp3) is 0.304. The van der Waals surface area contributed by atoms with Gasteiger partial charge in [0, 0.05) is 18.1 Å². The Morgan fingerprint density at radius 2 is 1.83 bits per heavy atom. The topological polar surface area (TPSA) is 65.4 Å². The summed E-state index contributed by atoms with van der Waals surface area (Å²) >= 11 is 1.42. The highest BCUT2D eigenvalue weighted by Crippen LogP contribution is 2.34. The second-order valence-electron chi connectivity index (χ2n) is 7.52. The molecule has 1 aliphatic heterocycles. The second kappa shape index (κ2) is 8.83. The first-order valence-electron chi connectivity index (χ1n) is 9.96. The molecule has 0 unspecified atom stereocenters. The van der Waals surface area contributed by atoms with E-state index in [1.165, 1.54) is 17.3 Å². The fourth-order valence-electron chi connectivity index (χ4n) is 3.29. The first kappa shape index (κ1) is 20.3. The van der Waals surface area contributed by atoms with Gasteiger partial charge in [-0.3, -0.25) is 9.36 Å². The molecule has 1 atom stereocenters. The maximum atomic E-state index is 12.5. The van der Waals surface area contributed by atoms with E-state index in [0.29, 0.717) is 11.7 Å². The van der Waals surface area contributed by atoms with Crippen molar-refractivity contribution in [3.05, 3.63) is 66.0 Å². The first-order chi connectivity index (χ1) is 14.5. The Kier molecular flexibility index (Phi) is 5.99. The molecule has 3 aromatic rings. The van der Waals surface area contributed by atoms with E-state index in [1.54, 1.807) is 6.20 Å². The molecule has 7 heteroatoms. The van der Waals surface area contributed by atoms with Crippen molar-refractivity contribution in [3.8, 4) is 17.2 Å². The summed E-state index contributed by atoms with van der Waals surface area (Å²) in [7, 11) is 0. The summed E-state index contributed by atoms with van der Waals surface area (Å²) in [4.78, 5) is 16.9. The van der Waals surface area contributed by atoms with Crippen LogP contribution >= 0.6 is 11.8 Å². The van der Waals surface area contributed by atoms with Crippen LogP contribution in [0.3, 0.4) is 0 Å². The summed E-state index contributed by atoms with van der Waals surface area (Å²) < 4.78 is 12.8. The molecule has 30 heavy (non-hydrogen) atoms. The van der Waals surface area contributed by atoms with Crippen LogP contribution in [-0.4, -0.2) is 28.0 Å². The Morgan fingerprint density at radius 3 is 2.60 bits per heavy atom. The highest BCUT2D eigenvalue weighted by molar-refractivity contribution is 7.99. The van der Waals surface area contributed by atoms with Crippen LogP contribution in [0.1, 0.15) is 43.9 Å². The van der Waals surface area contributed by atoms with Crippen molar-refractivity contribution in [2.45, 2.75) is 37.9 Å². The molecule has 1 aliphatic rings. The van der Waals surface area contributed by atoms with Gasteiger partial charge < -0.3 is 14.8 Å². The summed E-state index contributed by atoms with van der Waals surface area (Å²) in [5.74, 6) is 2.19. The fourth-order valence-corrected chi connectivity index (χ4v) is 4.08. The molecule has 0 saturated heterocycles. The van der Waals surface area contributed by atoms with Gasteiger partial charge in [0.25, 0.3) is 0 Å². The summed E-state index contributed by atoms with van der Waals surface area (Å²) in [6, 6.07) is 14.0. The lowest BCUT2D eigenvalue weighted by molar-refractivity contribution is -0.119. The van der Waals surface area contributed by atoms with E-state index in [9.17, 15) is 4.79 Å². The molecule has 4 rings (SSSR count). The number of hydrogen-bond donors (Lipinski definition) is 1. The van der Waals surface area contributed by atoms with Crippen LogP contribution in [-0.2, 0) is 4.79 Å². The number of ether oxygens (including phenoxy) is 2. The number of thioether (sulfide) groups is 1. The Bertz CT molecular complexity index is 1030. The number of aromatic nitrogens is 2. The van der Waals surface area contributed by atoms with E-state index >= 15 is 0 Å². The van der Waals surface area contributed by atoms with Crippen molar-refractivity contribution in [2.75, 3.05) is 12.5 Å². The third-order valence-corrected chi connectivity index (χ3v) is 6.02. The molecule has 0 fully saturated rings. The number of carbonyl (C=O) groups excluding carboxylic acids is 1. The summed E-state index contributed by atoms with van der Waals surface area (Å²) in [5, 5.41) is 3.83. The average molecular weight is 424 g/mol. The number of rotatable bonds is 7. The van der Waals surface area contributed by atoms with E-state index in [1.807, 2.05) is 35.9 Å². The molecule has 156 valence electrons. The lowest BCUT2D eigenvalue weighted by atomic mass is 10.0. The molecular weight excluding hydrogens is 398 g/mol. The van der Waals surface area contributed by atoms with Gasteiger partial charge in [-0.05, 0) is 48.2 Å². The Balaban J connectivity index is 1.36. The Morgan fingerprint density at radius 1 is 1.10 bits per heavy atom. The van der Waals surface area contributed by atoms with Gasteiger partial charge in [0.1, 0.15) is 0 Å². The molecule has 0 radical (unpaired) electrons. The maximum absolute atomic E-state index is 12.5. The zero-order valence-electron chi connectivity index (χ0n) is 17.3. The van der Waals surface area contributed by atoms with Crippen LogP contribution in [0.4, 0.5) is 0 Å². The predicted octanol–water partition coefficient (Wildman–Crippen LogP) is 4.69. The molecular formula is C23H25N3O3S. The van der Waals surface area contributed by atoms with Gasteiger partial charge in [0.05, 0.1) is 11.8 Å². The quantitative estimate of drug-likeness (QED) is 0.558. The Labute approximate surface area is 180 Å². The van der Waals surface area contributed by atoms with Crippen molar-refractivity contribution in [2.24, 2.45) is 0 Å². The average Bonchev–Trinajstić information content (AvgIpc) is 3.41. The summed E-state index contributed by atoms with van der Waals surface area (Å²) in [6.07, 6.45) is 3.67. The van der Waals surface area contributed by atoms with Crippen LogP contribution in [0.15, 0.2) is 60.0 Å². The third-order valence-electron chi connectivity index (χ3n) is 5.05. The number of hydrogen-bond acceptors (Lipinski definition) is 5. The maximum Gasteiger partial charge on any atom is 0.231 e. The smallest absolute Gasteiger partial charge is 0.231 e. The number of nitrogens with one attached hydrogen (secondary N) is 1. The van der Waals surface area contributed by atoms with Crippen LogP contribution in [0.5, 0.6) is 11.5 Å². The normalized spacial score (nSPS) is 13.5. The first-order valence-corrected chi connectivity index (χ1v) is 10.9. The second-order valence-corrected chi connectivity index (χ2v) is 8.46. The minimum absolute atomic E-state index is 0.0464. The lowest BCUT2D eigenvalue weighted by Crippen LogP contribution is -2.28. The molecule has 0 bridgehead atoms. The summed E-state index contributed by atoms with van der Waals surface area (Å²) in [5.41, 5.74) is 3.31. The van der Waals surface area contributed by atoms with E-state index in [2.05, 4.69) is 48.4 Å². The van der Waals surface area contributed by atoms with Crippen molar-refractivity contribution in [3.63, 3.8) is 0 Å². The monoisotopic (exact) mass is 423 g/mol. The molecule has 0 spiro atoms. The molecule has 0 saturated carbocycles. The minimum atomic E-state index is -0.129. The van der Waals surface area contributed by atoms with Gasteiger partial charge in [0.2, 0.25) is 12.7 Å². The van der Waals surface area contributed by atoms with Gasteiger partial charge in [0.15, 0.2) is 16.7 Å². The van der Waals surface area contributed by atoms with Gasteiger partial charge in [-0.1, -0.05) is 43.8 Å². The van der Waals surface area contributed by atoms with Crippen LogP contribution in [0.2, 0.25) is 0 Å². The standard InChI is InChI=1S/C23H25N3O3S/c1-15(2)17-4-7-19(8-5-17)26-11-10-24-23(26)30-13-22(27)25-16(3)18-6-9-20-21(12-18)29-14-28-20/h4-12,15-16H,13-14H2,1-3H3,(H,25,27)/t16-/m1/s1. The number of amides is 1. The number of fused-ring (bicyclic) bond motifs is 1. The molecule has 2 heterocycles. The third kappa shape index (κ3) is 4.46. The Hall–Kier alpha value is -2.93. The van der Waals surface area contributed by atoms with E-state index in [0.717, 1.165) is 22.2 Å². The van der Waals surface area contributed by atoms with Crippen LogP contribution in [0, 0.1) is 0 Å². The molecule has 1 amide bonds. The number of imidazole rings is 1. The zero-order valence-corrected chi connectivity index (χ0v) is 18.1. The SMILES string of the molecule is CC(C)c1ccc(-n2ccnc2SCC(=O)N[C@H](C)c2ccc3c(c2)OCO3)cc1. The minimum Gasteiger partial charge on any atom is -0.454 e. The van der Waals surface area contributed by atoms with E-state index < -0.39 is 0 Å².